The zero-order valence-corrected chi connectivity index (χ0v) is 13.8. The van der Waals surface area contributed by atoms with E-state index >= 15 is 0 Å². The van der Waals surface area contributed by atoms with Gasteiger partial charge in [0.05, 0.1) is 11.3 Å². The Morgan fingerprint density at radius 2 is 1.68 bits per heavy atom. The molecule has 25 heavy (non-hydrogen) atoms. The Kier molecular flexibility index (Phi) is 5.69. The van der Waals surface area contributed by atoms with E-state index in [9.17, 15) is 22.8 Å². The summed E-state index contributed by atoms with van der Waals surface area (Å²) in [7, 11) is 0. The number of halogens is 4. The van der Waals surface area contributed by atoms with Crippen LogP contribution in [0.2, 0.25) is 5.02 Å². The number of carbonyl (C=O) groups is 2. The SMILES string of the molecule is Cc1ccc(CNC(=O)C(=O)Nc2ccc(Cl)cc2C(F)(F)F)cc1. The smallest absolute Gasteiger partial charge is 0.344 e. The maximum atomic E-state index is 13.0. The number of benzene rings is 2. The highest BCUT2D eigenvalue weighted by molar-refractivity contribution is 6.39. The molecule has 8 heteroatoms. The number of hydrogen-bond acceptors (Lipinski definition) is 2. The molecule has 132 valence electrons. The Hall–Kier alpha value is -2.54. The van der Waals surface area contributed by atoms with Crippen molar-refractivity contribution in [1.29, 1.82) is 0 Å². The number of carbonyl (C=O) groups excluding carboxylic acids is 2. The standard InChI is InChI=1S/C17H14ClF3N2O2/c1-10-2-4-11(5-3-10)9-22-15(24)16(25)23-14-7-6-12(18)8-13(14)17(19,20)21/h2-8H,9H2,1H3,(H,22,24)(H,23,25). The summed E-state index contributed by atoms with van der Waals surface area (Å²) in [4.78, 5) is 23.6. The van der Waals surface area contributed by atoms with Gasteiger partial charge in [0.1, 0.15) is 0 Å². The average molecular weight is 371 g/mol. The van der Waals surface area contributed by atoms with Gasteiger partial charge in [-0.3, -0.25) is 9.59 Å². The molecular formula is C17H14ClF3N2O2. The predicted molar refractivity (Wildman–Crippen MR) is 88.1 cm³/mol. The molecule has 0 saturated carbocycles. The third-order valence-electron chi connectivity index (χ3n) is 3.32. The number of alkyl halides is 3. The molecule has 2 aromatic carbocycles. The van der Waals surface area contributed by atoms with Crippen molar-refractivity contribution in [3.05, 3.63) is 64.2 Å². The largest absolute Gasteiger partial charge is 0.418 e. The van der Waals surface area contributed by atoms with Gasteiger partial charge in [0.25, 0.3) is 0 Å². The predicted octanol–water partition coefficient (Wildman–Crippen LogP) is 3.92. The van der Waals surface area contributed by atoms with E-state index in [2.05, 4.69) is 5.32 Å². The van der Waals surface area contributed by atoms with Gasteiger partial charge in [-0.15, -0.1) is 0 Å². The number of aryl methyl sites for hydroxylation is 1. The van der Waals surface area contributed by atoms with Gasteiger partial charge >= 0.3 is 18.0 Å². The molecule has 0 spiro atoms. The lowest BCUT2D eigenvalue weighted by molar-refractivity contribution is -0.138. The molecule has 0 radical (unpaired) electrons. The molecule has 0 saturated heterocycles. The Morgan fingerprint density at radius 3 is 2.28 bits per heavy atom. The topological polar surface area (TPSA) is 58.2 Å². The molecule has 0 aliphatic rings. The highest BCUT2D eigenvalue weighted by Gasteiger charge is 2.34. The van der Waals surface area contributed by atoms with Gasteiger partial charge in [0.2, 0.25) is 0 Å². The molecule has 2 amide bonds. The lowest BCUT2D eigenvalue weighted by Crippen LogP contribution is -2.35. The van der Waals surface area contributed by atoms with Crippen LogP contribution in [0.5, 0.6) is 0 Å². The van der Waals surface area contributed by atoms with Gasteiger partial charge < -0.3 is 10.6 Å². The molecule has 0 bridgehead atoms. The minimum absolute atomic E-state index is 0.0826. The van der Waals surface area contributed by atoms with E-state index in [4.69, 9.17) is 11.6 Å². The molecule has 0 aliphatic heterocycles. The maximum absolute atomic E-state index is 13.0. The van der Waals surface area contributed by atoms with Crippen LogP contribution < -0.4 is 10.6 Å². The summed E-state index contributed by atoms with van der Waals surface area (Å²) in [5, 5.41) is 4.18. The zero-order valence-electron chi connectivity index (χ0n) is 13.1. The van der Waals surface area contributed by atoms with E-state index in [-0.39, 0.29) is 11.6 Å². The molecule has 0 aliphatic carbocycles. The van der Waals surface area contributed by atoms with Crippen LogP contribution in [-0.4, -0.2) is 11.8 Å². The summed E-state index contributed by atoms with van der Waals surface area (Å²) in [6.45, 7) is 1.99. The second-order valence-corrected chi connectivity index (χ2v) is 5.75. The highest BCUT2D eigenvalue weighted by atomic mass is 35.5. The lowest BCUT2D eigenvalue weighted by atomic mass is 10.1. The highest BCUT2D eigenvalue weighted by Crippen LogP contribution is 2.36. The molecule has 0 fully saturated rings. The van der Waals surface area contributed by atoms with E-state index in [1.54, 1.807) is 12.1 Å². The fourth-order valence-corrected chi connectivity index (χ4v) is 2.18. The Balaban J connectivity index is 2.04. The van der Waals surface area contributed by atoms with Crippen molar-refractivity contribution in [1.82, 2.24) is 5.32 Å². The molecule has 2 aromatic rings. The number of nitrogens with one attached hydrogen (secondary N) is 2. The van der Waals surface area contributed by atoms with Crippen molar-refractivity contribution in [3.8, 4) is 0 Å². The maximum Gasteiger partial charge on any atom is 0.418 e. The summed E-state index contributed by atoms with van der Waals surface area (Å²) in [5.41, 5.74) is 0.136. The summed E-state index contributed by atoms with van der Waals surface area (Å²) in [6, 6.07) is 10.1. The van der Waals surface area contributed by atoms with Crippen LogP contribution in [0.1, 0.15) is 16.7 Å². The van der Waals surface area contributed by atoms with Crippen LogP contribution in [0, 0.1) is 6.92 Å². The van der Waals surface area contributed by atoms with Crippen LogP contribution in [0.3, 0.4) is 0 Å². The molecule has 4 nitrogen and oxygen atoms in total. The van der Waals surface area contributed by atoms with Crippen molar-refractivity contribution in [2.45, 2.75) is 19.6 Å². The Bertz CT molecular complexity index is 789. The second-order valence-electron chi connectivity index (χ2n) is 5.31. The summed E-state index contributed by atoms with van der Waals surface area (Å²) in [6.07, 6.45) is -4.72. The van der Waals surface area contributed by atoms with Gasteiger partial charge in [0.15, 0.2) is 0 Å². The van der Waals surface area contributed by atoms with E-state index in [0.717, 1.165) is 17.2 Å². The summed E-state index contributed by atoms with van der Waals surface area (Å²) >= 11 is 5.56. The van der Waals surface area contributed by atoms with E-state index in [1.807, 2.05) is 24.4 Å². The average Bonchev–Trinajstić information content (AvgIpc) is 2.54. The summed E-state index contributed by atoms with van der Waals surface area (Å²) < 4.78 is 38.9. The first-order valence-electron chi connectivity index (χ1n) is 7.18. The van der Waals surface area contributed by atoms with Crippen molar-refractivity contribution in [3.63, 3.8) is 0 Å². The minimum atomic E-state index is -4.72. The number of anilines is 1. The van der Waals surface area contributed by atoms with E-state index in [1.165, 1.54) is 6.07 Å². The third kappa shape index (κ3) is 5.22. The zero-order chi connectivity index (χ0) is 18.6. The van der Waals surface area contributed by atoms with Gasteiger partial charge in [-0.25, -0.2) is 0 Å². The third-order valence-corrected chi connectivity index (χ3v) is 3.55. The fourth-order valence-electron chi connectivity index (χ4n) is 2.01. The van der Waals surface area contributed by atoms with Crippen LogP contribution in [0.25, 0.3) is 0 Å². The van der Waals surface area contributed by atoms with Crippen LogP contribution in [-0.2, 0) is 22.3 Å². The monoisotopic (exact) mass is 370 g/mol. The molecule has 0 unspecified atom stereocenters. The Labute approximate surface area is 147 Å². The number of amides is 2. The summed E-state index contributed by atoms with van der Waals surface area (Å²) in [5.74, 6) is -2.23. The second kappa shape index (κ2) is 7.57. The molecule has 2 rings (SSSR count). The van der Waals surface area contributed by atoms with E-state index in [0.29, 0.717) is 6.07 Å². The fraction of sp³-hybridized carbons (Fsp3) is 0.176. The van der Waals surface area contributed by atoms with Gasteiger partial charge in [-0.05, 0) is 30.7 Å². The number of rotatable bonds is 3. The lowest BCUT2D eigenvalue weighted by Gasteiger charge is -2.14. The van der Waals surface area contributed by atoms with Crippen LogP contribution in [0.15, 0.2) is 42.5 Å². The first kappa shape index (κ1) is 18.8. The molecule has 0 atom stereocenters. The normalized spacial score (nSPS) is 11.1. The van der Waals surface area contributed by atoms with E-state index < -0.39 is 29.2 Å². The molecular weight excluding hydrogens is 357 g/mol. The van der Waals surface area contributed by atoms with Crippen molar-refractivity contribution < 1.29 is 22.8 Å². The van der Waals surface area contributed by atoms with Crippen LogP contribution >= 0.6 is 11.6 Å². The van der Waals surface area contributed by atoms with Crippen molar-refractivity contribution >= 4 is 29.1 Å². The Morgan fingerprint density at radius 1 is 1.04 bits per heavy atom. The number of hydrogen-bond donors (Lipinski definition) is 2. The van der Waals surface area contributed by atoms with Gasteiger partial charge in [-0.1, -0.05) is 41.4 Å². The van der Waals surface area contributed by atoms with Crippen LogP contribution in [0.4, 0.5) is 18.9 Å². The molecule has 2 N–H and O–H groups in total. The minimum Gasteiger partial charge on any atom is -0.344 e. The molecule has 0 aromatic heterocycles. The van der Waals surface area contributed by atoms with Gasteiger partial charge in [0, 0.05) is 11.6 Å². The van der Waals surface area contributed by atoms with Crippen molar-refractivity contribution in [2.75, 3.05) is 5.32 Å². The molecule has 0 heterocycles. The quantitative estimate of drug-likeness (QED) is 0.804. The van der Waals surface area contributed by atoms with Gasteiger partial charge in [-0.2, -0.15) is 13.2 Å². The first-order valence-corrected chi connectivity index (χ1v) is 7.56. The van der Waals surface area contributed by atoms with Crippen molar-refractivity contribution in [2.24, 2.45) is 0 Å². The first-order chi connectivity index (χ1) is 11.7.